The third kappa shape index (κ3) is 3.75. The molecule has 0 radical (unpaired) electrons. The zero-order valence-electron chi connectivity index (χ0n) is 10.9. The Hall–Kier alpha value is -1.00. The number of hydrogen-bond donors (Lipinski definition) is 0. The molecule has 18 heavy (non-hydrogen) atoms. The molecule has 98 valence electrons. The van der Waals surface area contributed by atoms with Crippen LogP contribution in [0.5, 0.6) is 5.75 Å². The molecular formula is C14H19NO2S. The predicted molar refractivity (Wildman–Crippen MR) is 75.2 cm³/mol. The highest BCUT2D eigenvalue weighted by Gasteiger charge is 2.22. The summed E-state index contributed by atoms with van der Waals surface area (Å²) in [6.07, 6.45) is 1.17. The number of likely N-dealkylation sites (N-methyl/N-ethyl adjacent to an activating group) is 1. The fraction of sp³-hybridized carbons (Fsp3) is 0.500. The maximum atomic E-state index is 11.8. The minimum atomic E-state index is -0.182. The van der Waals surface area contributed by atoms with Gasteiger partial charge in [0.15, 0.2) is 0 Å². The van der Waals surface area contributed by atoms with Crippen LogP contribution in [-0.2, 0) is 4.79 Å². The van der Waals surface area contributed by atoms with Crippen LogP contribution in [0.25, 0.3) is 0 Å². The molecule has 1 heterocycles. The molecular weight excluding hydrogens is 246 g/mol. The second-order valence-corrected chi connectivity index (χ2v) is 5.87. The van der Waals surface area contributed by atoms with Gasteiger partial charge in [0.25, 0.3) is 0 Å². The van der Waals surface area contributed by atoms with Crippen molar-refractivity contribution in [3.63, 3.8) is 0 Å². The van der Waals surface area contributed by atoms with E-state index in [2.05, 4.69) is 4.90 Å². The van der Waals surface area contributed by atoms with Gasteiger partial charge < -0.3 is 4.74 Å². The smallest absolute Gasteiger partial charge is 0.325 e. The summed E-state index contributed by atoms with van der Waals surface area (Å²) in [5, 5.41) is 0. The van der Waals surface area contributed by atoms with Crippen molar-refractivity contribution in [3.8, 4) is 5.75 Å². The summed E-state index contributed by atoms with van der Waals surface area (Å²) < 4.78 is 5.31. The largest absolute Gasteiger partial charge is 0.426 e. The number of thioether (sulfide) groups is 1. The van der Waals surface area contributed by atoms with Crippen LogP contribution in [-0.4, -0.2) is 42.0 Å². The number of benzene rings is 1. The van der Waals surface area contributed by atoms with Gasteiger partial charge in [0.2, 0.25) is 0 Å². The summed E-state index contributed by atoms with van der Waals surface area (Å²) in [4.78, 5) is 13.9. The van der Waals surface area contributed by atoms with Gasteiger partial charge in [-0.05, 0) is 38.3 Å². The number of carbonyl (C=O) groups excluding carboxylic acids is 1. The van der Waals surface area contributed by atoms with E-state index in [-0.39, 0.29) is 5.97 Å². The van der Waals surface area contributed by atoms with Crippen LogP contribution in [0.4, 0.5) is 0 Å². The summed E-state index contributed by atoms with van der Waals surface area (Å²) in [5.41, 5.74) is 1.16. The highest BCUT2D eigenvalue weighted by molar-refractivity contribution is 7.99. The summed E-state index contributed by atoms with van der Waals surface area (Å²) in [6.45, 7) is 2.37. The molecule has 0 amide bonds. The van der Waals surface area contributed by atoms with E-state index in [1.165, 1.54) is 12.2 Å². The molecule has 0 aliphatic carbocycles. The Morgan fingerprint density at radius 1 is 1.44 bits per heavy atom. The monoisotopic (exact) mass is 265 g/mol. The summed E-state index contributed by atoms with van der Waals surface area (Å²) in [7, 11) is 1.99. The first kappa shape index (κ1) is 13.4. The van der Waals surface area contributed by atoms with E-state index < -0.39 is 0 Å². The molecule has 2 rings (SSSR count). The first-order chi connectivity index (χ1) is 8.65. The van der Waals surface area contributed by atoms with Crippen LogP contribution in [0.3, 0.4) is 0 Å². The molecule has 4 heteroatoms. The van der Waals surface area contributed by atoms with Crippen molar-refractivity contribution in [2.45, 2.75) is 19.4 Å². The van der Waals surface area contributed by atoms with E-state index in [9.17, 15) is 4.79 Å². The Morgan fingerprint density at radius 3 is 2.78 bits per heavy atom. The molecule has 1 aromatic carbocycles. The van der Waals surface area contributed by atoms with Crippen molar-refractivity contribution in [2.75, 3.05) is 25.1 Å². The average molecular weight is 265 g/mol. The third-order valence-corrected chi connectivity index (χ3v) is 4.31. The molecule has 0 bridgehead atoms. The van der Waals surface area contributed by atoms with Crippen LogP contribution >= 0.6 is 11.8 Å². The van der Waals surface area contributed by atoms with E-state index in [4.69, 9.17) is 4.74 Å². The number of nitrogens with zero attached hydrogens (tertiary/aromatic N) is 1. The highest BCUT2D eigenvalue weighted by atomic mass is 32.2. The van der Waals surface area contributed by atoms with Crippen molar-refractivity contribution in [3.05, 3.63) is 29.8 Å². The number of aryl methyl sites for hydroxylation is 1. The van der Waals surface area contributed by atoms with E-state index in [0.717, 1.165) is 11.3 Å². The Kier molecular flexibility index (Phi) is 4.66. The average Bonchev–Trinajstić information content (AvgIpc) is 2.85. The van der Waals surface area contributed by atoms with E-state index in [1.807, 2.05) is 50.0 Å². The standard InChI is InChI=1S/C14H19NO2S/c1-11-3-5-13(6-4-11)17-14(16)9-15(2)12-7-8-18-10-12/h3-6,12H,7-10H2,1-2H3/t12-/m0/s1. The Bertz CT molecular complexity index is 399. The van der Waals surface area contributed by atoms with Crippen molar-refractivity contribution < 1.29 is 9.53 Å². The first-order valence-electron chi connectivity index (χ1n) is 6.20. The Morgan fingerprint density at radius 2 is 2.17 bits per heavy atom. The van der Waals surface area contributed by atoms with Gasteiger partial charge in [-0.15, -0.1) is 0 Å². The van der Waals surface area contributed by atoms with Crippen molar-refractivity contribution >= 4 is 17.7 Å². The maximum absolute atomic E-state index is 11.8. The van der Waals surface area contributed by atoms with E-state index in [1.54, 1.807) is 0 Å². The topological polar surface area (TPSA) is 29.5 Å². The maximum Gasteiger partial charge on any atom is 0.325 e. The summed E-state index contributed by atoms with van der Waals surface area (Å²) >= 11 is 1.95. The van der Waals surface area contributed by atoms with Gasteiger partial charge in [-0.3, -0.25) is 9.69 Å². The molecule has 0 unspecified atom stereocenters. The van der Waals surface area contributed by atoms with Crippen molar-refractivity contribution in [2.24, 2.45) is 0 Å². The van der Waals surface area contributed by atoms with Gasteiger partial charge in [-0.1, -0.05) is 17.7 Å². The Balaban J connectivity index is 1.82. The molecule has 1 atom stereocenters. The normalized spacial score (nSPS) is 19.2. The van der Waals surface area contributed by atoms with Gasteiger partial charge in [-0.25, -0.2) is 0 Å². The minimum Gasteiger partial charge on any atom is -0.426 e. The van der Waals surface area contributed by atoms with Crippen molar-refractivity contribution in [1.29, 1.82) is 0 Å². The fourth-order valence-electron chi connectivity index (χ4n) is 1.97. The van der Waals surface area contributed by atoms with Gasteiger partial charge in [0, 0.05) is 11.8 Å². The predicted octanol–water partition coefficient (Wildman–Crippen LogP) is 2.34. The fourth-order valence-corrected chi connectivity index (χ4v) is 3.27. The van der Waals surface area contributed by atoms with Crippen LogP contribution in [0.2, 0.25) is 0 Å². The molecule has 0 saturated carbocycles. The molecule has 0 aromatic heterocycles. The molecule has 1 saturated heterocycles. The van der Waals surface area contributed by atoms with Crippen LogP contribution < -0.4 is 4.74 Å². The second kappa shape index (κ2) is 6.25. The lowest BCUT2D eigenvalue weighted by molar-refractivity contribution is -0.135. The number of hydrogen-bond acceptors (Lipinski definition) is 4. The van der Waals surface area contributed by atoms with Gasteiger partial charge in [0.05, 0.1) is 6.54 Å². The number of rotatable bonds is 4. The van der Waals surface area contributed by atoms with Crippen LogP contribution in [0, 0.1) is 6.92 Å². The number of esters is 1. The number of carbonyl (C=O) groups is 1. The molecule has 0 N–H and O–H groups in total. The second-order valence-electron chi connectivity index (χ2n) is 4.72. The van der Waals surface area contributed by atoms with Crippen LogP contribution in [0.15, 0.2) is 24.3 Å². The lowest BCUT2D eigenvalue weighted by atomic mass is 10.2. The first-order valence-corrected chi connectivity index (χ1v) is 7.36. The van der Waals surface area contributed by atoms with Crippen molar-refractivity contribution in [1.82, 2.24) is 4.90 Å². The molecule has 1 aromatic rings. The molecule has 0 spiro atoms. The highest BCUT2D eigenvalue weighted by Crippen LogP contribution is 2.21. The van der Waals surface area contributed by atoms with Crippen LogP contribution in [0.1, 0.15) is 12.0 Å². The lowest BCUT2D eigenvalue weighted by Crippen LogP contribution is -2.37. The molecule has 3 nitrogen and oxygen atoms in total. The lowest BCUT2D eigenvalue weighted by Gasteiger charge is -2.22. The SMILES string of the molecule is Cc1ccc(OC(=O)CN(C)[C@H]2CCSC2)cc1. The number of ether oxygens (including phenoxy) is 1. The summed E-state index contributed by atoms with van der Waals surface area (Å²) in [6, 6.07) is 8.07. The quantitative estimate of drug-likeness (QED) is 0.617. The zero-order valence-corrected chi connectivity index (χ0v) is 11.7. The summed E-state index contributed by atoms with van der Waals surface area (Å²) in [5.74, 6) is 2.76. The molecule has 1 aliphatic rings. The third-order valence-electron chi connectivity index (χ3n) is 3.16. The molecule has 1 aliphatic heterocycles. The molecule has 1 fully saturated rings. The van der Waals surface area contributed by atoms with E-state index >= 15 is 0 Å². The van der Waals surface area contributed by atoms with Gasteiger partial charge in [-0.2, -0.15) is 11.8 Å². The zero-order chi connectivity index (χ0) is 13.0. The minimum absolute atomic E-state index is 0.182. The van der Waals surface area contributed by atoms with Gasteiger partial charge in [0.1, 0.15) is 5.75 Å². The Labute approximate surface area is 113 Å². The van der Waals surface area contributed by atoms with E-state index in [0.29, 0.717) is 18.3 Å². The van der Waals surface area contributed by atoms with Gasteiger partial charge >= 0.3 is 5.97 Å².